The molecule has 0 bridgehead atoms. The van der Waals surface area contributed by atoms with Crippen LogP contribution in [0.25, 0.3) is 0 Å². The number of methoxy groups -OCH3 is 1. The van der Waals surface area contributed by atoms with E-state index in [2.05, 4.69) is 10.5 Å². The second-order valence-electron chi connectivity index (χ2n) is 5.89. The number of hydrogen-bond acceptors (Lipinski definition) is 5. The molecule has 142 valence electrons. The number of aliphatic carboxylic acids is 1. The Morgan fingerprint density at radius 3 is 2.32 bits per heavy atom. The molecule has 1 atom stereocenters. The van der Waals surface area contributed by atoms with Gasteiger partial charge in [0.2, 0.25) is 6.10 Å². The molecular formula is C22H20N2O4. The van der Waals surface area contributed by atoms with Gasteiger partial charge in [0.05, 0.1) is 19.0 Å². The second kappa shape index (κ2) is 9.23. The number of nitrogens with one attached hydrogen (secondary N) is 1. The van der Waals surface area contributed by atoms with E-state index in [4.69, 9.17) is 9.47 Å². The number of hydrogen-bond donors (Lipinski definition) is 2. The molecule has 0 saturated carbocycles. The van der Waals surface area contributed by atoms with Gasteiger partial charge in [-0.05, 0) is 35.9 Å². The Balaban J connectivity index is 1.81. The third kappa shape index (κ3) is 4.88. The maximum absolute atomic E-state index is 11.7. The predicted octanol–water partition coefficient (Wildman–Crippen LogP) is 4.35. The summed E-state index contributed by atoms with van der Waals surface area (Å²) in [6.07, 6.45) is 0.474. The molecule has 0 radical (unpaired) electrons. The van der Waals surface area contributed by atoms with Crippen LogP contribution in [0.5, 0.6) is 11.5 Å². The molecule has 0 heterocycles. The lowest BCUT2D eigenvalue weighted by Crippen LogP contribution is -2.18. The molecule has 0 spiro atoms. The van der Waals surface area contributed by atoms with Gasteiger partial charge in [-0.2, -0.15) is 5.10 Å². The van der Waals surface area contributed by atoms with Gasteiger partial charge in [0.25, 0.3) is 0 Å². The van der Waals surface area contributed by atoms with Crippen molar-refractivity contribution in [1.29, 1.82) is 0 Å². The number of carbonyl (C=O) groups is 1. The molecule has 6 heteroatoms. The van der Waals surface area contributed by atoms with Crippen LogP contribution in [-0.2, 0) is 4.79 Å². The van der Waals surface area contributed by atoms with Crippen molar-refractivity contribution in [1.82, 2.24) is 0 Å². The Labute approximate surface area is 163 Å². The fraction of sp³-hybridized carbons (Fsp3) is 0.0909. The van der Waals surface area contributed by atoms with Crippen LogP contribution in [0.15, 0.2) is 84.0 Å². The average Bonchev–Trinajstić information content (AvgIpc) is 2.73. The van der Waals surface area contributed by atoms with Crippen molar-refractivity contribution in [2.45, 2.75) is 6.10 Å². The van der Waals surface area contributed by atoms with E-state index in [1.165, 1.54) is 7.11 Å². The van der Waals surface area contributed by atoms with E-state index in [0.717, 1.165) is 11.3 Å². The van der Waals surface area contributed by atoms with Crippen LogP contribution in [0.1, 0.15) is 17.2 Å². The highest BCUT2D eigenvalue weighted by Gasteiger charge is 2.23. The highest BCUT2D eigenvalue weighted by molar-refractivity contribution is 5.82. The molecule has 0 aliphatic heterocycles. The first kappa shape index (κ1) is 19.0. The normalized spacial score (nSPS) is 11.8. The van der Waals surface area contributed by atoms with E-state index < -0.39 is 12.1 Å². The van der Waals surface area contributed by atoms with E-state index >= 15 is 0 Å². The van der Waals surface area contributed by atoms with Gasteiger partial charge in [-0.25, -0.2) is 4.79 Å². The van der Waals surface area contributed by atoms with Crippen molar-refractivity contribution in [3.05, 3.63) is 90.0 Å². The number of nitrogens with zero attached hydrogens (tertiary/aromatic N) is 1. The minimum Gasteiger partial charge on any atom is -0.493 e. The van der Waals surface area contributed by atoms with Crippen LogP contribution in [0.2, 0.25) is 0 Å². The quantitative estimate of drug-likeness (QED) is 0.451. The van der Waals surface area contributed by atoms with Crippen molar-refractivity contribution in [2.24, 2.45) is 5.10 Å². The third-order valence-electron chi connectivity index (χ3n) is 3.94. The Morgan fingerprint density at radius 1 is 1.00 bits per heavy atom. The first-order chi connectivity index (χ1) is 13.7. The molecule has 28 heavy (non-hydrogen) atoms. The standard InChI is InChI=1S/C22H20N2O4/c1-27-19-13-12-16(15-23-24-18-10-6-3-7-11-18)14-20(19)28-21(22(25)26)17-8-4-2-5-9-17/h2-15,21,24H,1H3,(H,25,26). The molecule has 0 saturated heterocycles. The number of anilines is 1. The predicted molar refractivity (Wildman–Crippen MR) is 108 cm³/mol. The summed E-state index contributed by atoms with van der Waals surface area (Å²) in [5, 5.41) is 13.8. The first-order valence-electron chi connectivity index (χ1n) is 8.64. The van der Waals surface area contributed by atoms with Gasteiger partial charge in [0, 0.05) is 5.56 Å². The summed E-state index contributed by atoms with van der Waals surface area (Å²) < 4.78 is 11.1. The highest BCUT2D eigenvalue weighted by atomic mass is 16.5. The van der Waals surface area contributed by atoms with E-state index in [1.54, 1.807) is 48.7 Å². The average molecular weight is 376 g/mol. The smallest absolute Gasteiger partial charge is 0.349 e. The number of benzene rings is 3. The van der Waals surface area contributed by atoms with Gasteiger partial charge in [0.15, 0.2) is 11.5 Å². The summed E-state index contributed by atoms with van der Waals surface area (Å²) in [6.45, 7) is 0. The minimum absolute atomic E-state index is 0.322. The molecule has 6 nitrogen and oxygen atoms in total. The highest BCUT2D eigenvalue weighted by Crippen LogP contribution is 2.32. The lowest BCUT2D eigenvalue weighted by molar-refractivity contribution is -0.145. The van der Waals surface area contributed by atoms with Crippen molar-refractivity contribution < 1.29 is 19.4 Å². The van der Waals surface area contributed by atoms with Crippen LogP contribution in [0.3, 0.4) is 0 Å². The molecule has 3 aromatic rings. The van der Waals surface area contributed by atoms with Crippen LogP contribution in [0.4, 0.5) is 5.69 Å². The molecular weight excluding hydrogens is 356 g/mol. The topological polar surface area (TPSA) is 80.1 Å². The molecule has 0 aliphatic carbocycles. The Hall–Kier alpha value is -3.80. The summed E-state index contributed by atoms with van der Waals surface area (Å²) in [7, 11) is 1.51. The van der Waals surface area contributed by atoms with Crippen LogP contribution in [0, 0.1) is 0 Å². The van der Waals surface area contributed by atoms with Crippen molar-refractivity contribution >= 4 is 17.9 Å². The molecule has 0 aliphatic rings. The minimum atomic E-state index is -1.15. The van der Waals surface area contributed by atoms with Crippen molar-refractivity contribution in [2.75, 3.05) is 12.5 Å². The maximum atomic E-state index is 11.7. The SMILES string of the molecule is COc1ccc(C=NNc2ccccc2)cc1OC(C(=O)O)c1ccccc1. The van der Waals surface area contributed by atoms with Gasteiger partial charge >= 0.3 is 5.97 Å². The molecule has 0 amide bonds. The van der Waals surface area contributed by atoms with Crippen LogP contribution < -0.4 is 14.9 Å². The zero-order valence-corrected chi connectivity index (χ0v) is 15.3. The van der Waals surface area contributed by atoms with E-state index in [-0.39, 0.29) is 0 Å². The Morgan fingerprint density at radius 2 is 1.68 bits per heavy atom. The van der Waals surface area contributed by atoms with Gasteiger partial charge in [-0.1, -0.05) is 48.5 Å². The molecule has 0 fully saturated rings. The number of carboxylic acids is 1. The number of hydrazone groups is 1. The van der Waals surface area contributed by atoms with Crippen molar-refractivity contribution in [3.8, 4) is 11.5 Å². The van der Waals surface area contributed by atoms with Gasteiger partial charge in [-0.3, -0.25) is 5.43 Å². The number of rotatable bonds is 8. The fourth-order valence-electron chi connectivity index (χ4n) is 2.58. The lowest BCUT2D eigenvalue weighted by Gasteiger charge is -2.17. The monoisotopic (exact) mass is 376 g/mol. The largest absolute Gasteiger partial charge is 0.493 e. The zero-order valence-electron chi connectivity index (χ0n) is 15.3. The van der Waals surface area contributed by atoms with E-state index in [1.807, 2.05) is 36.4 Å². The summed E-state index contributed by atoms with van der Waals surface area (Å²) in [5.74, 6) is -0.323. The van der Waals surface area contributed by atoms with Gasteiger partial charge in [0.1, 0.15) is 0 Å². The second-order valence-corrected chi connectivity index (χ2v) is 5.89. The molecule has 0 aromatic heterocycles. The zero-order chi connectivity index (χ0) is 19.8. The molecule has 3 rings (SSSR count). The summed E-state index contributed by atoms with van der Waals surface area (Å²) in [5.41, 5.74) is 5.07. The fourth-order valence-corrected chi connectivity index (χ4v) is 2.58. The summed E-state index contributed by atoms with van der Waals surface area (Å²) >= 11 is 0. The van der Waals surface area contributed by atoms with Gasteiger partial charge < -0.3 is 14.6 Å². The number of ether oxygens (including phenoxy) is 2. The summed E-state index contributed by atoms with van der Waals surface area (Å²) in [6, 6.07) is 23.5. The molecule has 3 aromatic carbocycles. The number of para-hydroxylation sites is 1. The first-order valence-corrected chi connectivity index (χ1v) is 8.64. The lowest BCUT2D eigenvalue weighted by atomic mass is 10.1. The number of carboxylic acid groups (broad SMARTS) is 1. The molecule has 2 N–H and O–H groups in total. The molecule has 1 unspecified atom stereocenters. The van der Waals surface area contributed by atoms with E-state index in [0.29, 0.717) is 17.1 Å². The van der Waals surface area contributed by atoms with Gasteiger partial charge in [-0.15, -0.1) is 0 Å². The Kier molecular flexibility index (Phi) is 6.25. The maximum Gasteiger partial charge on any atom is 0.349 e. The summed E-state index contributed by atoms with van der Waals surface area (Å²) in [4.78, 5) is 11.7. The van der Waals surface area contributed by atoms with E-state index in [9.17, 15) is 9.90 Å². The van der Waals surface area contributed by atoms with Crippen LogP contribution in [-0.4, -0.2) is 24.4 Å². The van der Waals surface area contributed by atoms with Crippen molar-refractivity contribution in [3.63, 3.8) is 0 Å². The van der Waals surface area contributed by atoms with Crippen LogP contribution >= 0.6 is 0 Å². The third-order valence-corrected chi connectivity index (χ3v) is 3.94. The Bertz CT molecular complexity index is 943.